The predicted molar refractivity (Wildman–Crippen MR) is 136 cm³/mol. The van der Waals surface area contributed by atoms with E-state index in [4.69, 9.17) is 4.74 Å². The number of rotatable bonds is 6. The van der Waals surface area contributed by atoms with Gasteiger partial charge in [0, 0.05) is 14.8 Å². The monoisotopic (exact) mass is 558 g/mol. The Hall–Kier alpha value is -2.85. The van der Waals surface area contributed by atoms with Crippen LogP contribution in [-0.2, 0) is 9.59 Å². The minimum absolute atomic E-state index is 0.259. The fourth-order valence-corrected chi connectivity index (χ4v) is 4.53. The molecule has 1 N–H and O–H groups in total. The van der Waals surface area contributed by atoms with Gasteiger partial charge < -0.3 is 10.1 Å². The zero-order chi connectivity index (χ0) is 22.7. The molecule has 3 aromatic rings. The molecule has 0 spiro atoms. The number of carbonyl (C=O) groups is 3. The van der Waals surface area contributed by atoms with Crippen molar-refractivity contribution in [2.45, 2.75) is 6.92 Å². The first kappa shape index (κ1) is 22.3. The topological polar surface area (TPSA) is 75.7 Å². The Kier molecular flexibility index (Phi) is 6.80. The predicted octanol–water partition coefficient (Wildman–Crippen LogP) is 5.52. The van der Waals surface area contributed by atoms with Gasteiger partial charge in [-0.25, -0.2) is 0 Å². The van der Waals surface area contributed by atoms with E-state index >= 15 is 0 Å². The summed E-state index contributed by atoms with van der Waals surface area (Å²) in [5.74, 6) is -0.294. The van der Waals surface area contributed by atoms with Crippen molar-refractivity contribution >= 4 is 73.9 Å². The molecule has 0 unspecified atom stereocenters. The fourth-order valence-electron chi connectivity index (χ4n) is 3.35. The molecular weight excluding hydrogens is 539 g/mol. The van der Waals surface area contributed by atoms with E-state index < -0.39 is 17.1 Å². The largest absolute Gasteiger partial charge is 0.493 e. The van der Waals surface area contributed by atoms with Crippen LogP contribution in [0.3, 0.4) is 0 Å². The van der Waals surface area contributed by atoms with Gasteiger partial charge in [-0.3, -0.25) is 19.3 Å². The maximum absolute atomic E-state index is 13.0. The first-order chi connectivity index (χ1) is 15.5. The van der Waals surface area contributed by atoms with E-state index in [0.29, 0.717) is 18.0 Å². The summed E-state index contributed by atoms with van der Waals surface area (Å²) in [6, 6.07) is 18.8. The van der Waals surface area contributed by atoms with Gasteiger partial charge in [-0.1, -0.05) is 30.3 Å². The van der Waals surface area contributed by atoms with Gasteiger partial charge in [0.2, 0.25) is 5.91 Å². The summed E-state index contributed by atoms with van der Waals surface area (Å²) in [6.45, 7) is 2.01. The molecule has 3 amide bonds. The molecule has 1 heterocycles. The van der Waals surface area contributed by atoms with Crippen LogP contribution in [0.5, 0.6) is 5.75 Å². The van der Waals surface area contributed by atoms with Crippen molar-refractivity contribution in [3.8, 4) is 5.75 Å². The second kappa shape index (κ2) is 9.74. The van der Waals surface area contributed by atoms with Crippen LogP contribution in [-0.4, -0.2) is 35.1 Å². The van der Waals surface area contributed by atoms with Gasteiger partial charge in [0.25, 0.3) is 11.1 Å². The molecule has 4 rings (SSSR count). The van der Waals surface area contributed by atoms with Gasteiger partial charge in [-0.15, -0.1) is 0 Å². The van der Waals surface area contributed by atoms with Crippen LogP contribution in [0.15, 0.2) is 65.6 Å². The molecule has 1 aliphatic rings. The lowest BCUT2D eigenvalue weighted by molar-refractivity contribution is -0.127. The average Bonchev–Trinajstić information content (AvgIpc) is 3.04. The molecule has 0 radical (unpaired) electrons. The van der Waals surface area contributed by atoms with Crippen LogP contribution in [0.25, 0.3) is 16.8 Å². The molecule has 0 saturated carbocycles. The molecule has 32 heavy (non-hydrogen) atoms. The first-order valence-corrected chi connectivity index (χ1v) is 11.8. The quantitative estimate of drug-likeness (QED) is 0.319. The van der Waals surface area contributed by atoms with E-state index in [-0.39, 0.29) is 11.4 Å². The van der Waals surface area contributed by atoms with Gasteiger partial charge in [0.05, 0.1) is 11.5 Å². The van der Waals surface area contributed by atoms with Crippen molar-refractivity contribution < 1.29 is 19.1 Å². The Morgan fingerprint density at radius 3 is 2.59 bits per heavy atom. The molecule has 1 saturated heterocycles. The number of hydrogen-bond acceptors (Lipinski definition) is 5. The van der Waals surface area contributed by atoms with Gasteiger partial charge in [0.1, 0.15) is 12.3 Å². The minimum atomic E-state index is -0.492. The number of fused-ring (bicyclic) bond motifs is 1. The maximum Gasteiger partial charge on any atom is 0.294 e. The summed E-state index contributed by atoms with van der Waals surface area (Å²) in [4.78, 5) is 39.1. The highest BCUT2D eigenvalue weighted by molar-refractivity contribution is 14.1. The van der Waals surface area contributed by atoms with Gasteiger partial charge in [-0.05, 0) is 88.5 Å². The number of nitrogens with zero attached hydrogens (tertiary/aromatic N) is 1. The van der Waals surface area contributed by atoms with Gasteiger partial charge >= 0.3 is 0 Å². The third kappa shape index (κ3) is 4.81. The van der Waals surface area contributed by atoms with Crippen LogP contribution < -0.4 is 10.1 Å². The number of nitrogens with one attached hydrogen (secondary N) is 1. The Labute approximate surface area is 203 Å². The zero-order valence-corrected chi connectivity index (χ0v) is 20.1. The maximum atomic E-state index is 13.0. The van der Waals surface area contributed by atoms with Crippen LogP contribution in [0.4, 0.5) is 10.5 Å². The van der Waals surface area contributed by atoms with E-state index in [1.807, 2.05) is 55.5 Å². The average molecular weight is 558 g/mol. The number of amides is 3. The molecule has 0 atom stereocenters. The molecule has 8 heteroatoms. The van der Waals surface area contributed by atoms with E-state index in [1.165, 1.54) is 0 Å². The van der Waals surface area contributed by atoms with E-state index in [1.54, 1.807) is 18.2 Å². The highest BCUT2D eigenvalue weighted by Crippen LogP contribution is 2.36. The molecule has 1 aliphatic heterocycles. The molecule has 1 fully saturated rings. The van der Waals surface area contributed by atoms with Crippen LogP contribution in [0.1, 0.15) is 12.5 Å². The number of carbonyl (C=O) groups excluding carboxylic acids is 3. The van der Waals surface area contributed by atoms with Crippen molar-refractivity contribution in [2.75, 3.05) is 18.5 Å². The van der Waals surface area contributed by atoms with E-state index in [0.717, 1.165) is 36.6 Å². The lowest BCUT2D eigenvalue weighted by Gasteiger charge is -2.13. The lowest BCUT2D eigenvalue weighted by Crippen LogP contribution is -2.36. The zero-order valence-electron chi connectivity index (χ0n) is 17.1. The summed E-state index contributed by atoms with van der Waals surface area (Å²) in [5, 5.41) is 4.16. The van der Waals surface area contributed by atoms with Crippen molar-refractivity contribution in [1.29, 1.82) is 0 Å². The highest BCUT2D eigenvalue weighted by Gasteiger charge is 2.36. The Morgan fingerprint density at radius 2 is 1.84 bits per heavy atom. The summed E-state index contributed by atoms with van der Waals surface area (Å²) < 4.78 is 6.79. The van der Waals surface area contributed by atoms with Gasteiger partial charge in [-0.2, -0.15) is 0 Å². The molecular formula is C24H19IN2O4S. The van der Waals surface area contributed by atoms with Crippen molar-refractivity contribution in [3.05, 3.63) is 74.7 Å². The lowest BCUT2D eigenvalue weighted by atomic mass is 10.0. The Balaban J connectivity index is 1.58. The number of thioether (sulfide) groups is 1. The van der Waals surface area contributed by atoms with E-state index in [9.17, 15) is 14.4 Å². The number of ether oxygens (including phenoxy) is 1. The second-order valence-electron chi connectivity index (χ2n) is 6.95. The standard InChI is InChI=1S/C24H19IN2O4S/c1-2-31-20-12-7-15-5-3-4-6-18(15)19(20)13-21-23(29)27(24(30)32-21)14-22(28)26-17-10-8-16(25)9-11-17/h3-13H,2,14H2,1H3,(H,26,28)/b21-13+. The normalized spacial score (nSPS) is 14.9. The third-order valence-corrected chi connectivity index (χ3v) is 6.44. The summed E-state index contributed by atoms with van der Waals surface area (Å²) in [7, 11) is 0. The number of anilines is 1. The molecule has 6 nitrogen and oxygen atoms in total. The Bertz CT molecular complexity index is 1240. The second-order valence-corrected chi connectivity index (χ2v) is 9.19. The SMILES string of the molecule is CCOc1ccc2ccccc2c1/C=C1/SC(=O)N(CC(=O)Nc2ccc(I)cc2)C1=O. The summed E-state index contributed by atoms with van der Waals surface area (Å²) in [5.41, 5.74) is 1.34. The van der Waals surface area contributed by atoms with Crippen LogP contribution >= 0.6 is 34.4 Å². The minimum Gasteiger partial charge on any atom is -0.493 e. The highest BCUT2D eigenvalue weighted by atomic mass is 127. The summed E-state index contributed by atoms with van der Waals surface area (Å²) in [6.07, 6.45) is 1.68. The Morgan fingerprint density at radius 1 is 1.09 bits per heavy atom. The van der Waals surface area contributed by atoms with Crippen LogP contribution in [0, 0.1) is 3.57 Å². The van der Waals surface area contributed by atoms with Crippen LogP contribution in [0.2, 0.25) is 0 Å². The third-order valence-electron chi connectivity index (χ3n) is 4.81. The molecule has 0 aliphatic carbocycles. The van der Waals surface area contributed by atoms with Gasteiger partial charge in [0.15, 0.2) is 0 Å². The molecule has 3 aromatic carbocycles. The van der Waals surface area contributed by atoms with E-state index in [2.05, 4.69) is 27.9 Å². The van der Waals surface area contributed by atoms with Crippen molar-refractivity contribution in [3.63, 3.8) is 0 Å². The number of hydrogen-bond donors (Lipinski definition) is 1. The number of imide groups is 1. The number of benzene rings is 3. The molecule has 162 valence electrons. The number of halogens is 1. The first-order valence-electron chi connectivity index (χ1n) is 9.91. The molecule has 0 bridgehead atoms. The smallest absolute Gasteiger partial charge is 0.294 e. The van der Waals surface area contributed by atoms with Crippen molar-refractivity contribution in [1.82, 2.24) is 4.90 Å². The molecule has 0 aromatic heterocycles. The van der Waals surface area contributed by atoms with Crippen molar-refractivity contribution in [2.24, 2.45) is 0 Å². The fraction of sp³-hybridized carbons (Fsp3) is 0.125. The summed E-state index contributed by atoms with van der Waals surface area (Å²) >= 11 is 3.00.